The number of carbonyl (C=O) groups excluding carboxylic acids is 1. The molecule has 6 nitrogen and oxygen atoms in total. The van der Waals surface area contributed by atoms with Crippen molar-refractivity contribution >= 4 is 5.91 Å². The summed E-state index contributed by atoms with van der Waals surface area (Å²) in [5.74, 6) is -0.0686. The fraction of sp³-hybridized carbons (Fsp3) is 0.625. The van der Waals surface area contributed by atoms with Crippen molar-refractivity contribution in [1.82, 2.24) is 20.3 Å². The lowest BCUT2D eigenvalue weighted by Gasteiger charge is -2.00. The summed E-state index contributed by atoms with van der Waals surface area (Å²) in [4.78, 5) is 10.6. The molecule has 0 bridgehead atoms. The number of aromatic nitrogens is 3. The van der Waals surface area contributed by atoms with Crippen LogP contribution < -0.4 is 5.32 Å². The molecule has 1 aromatic heterocycles. The molecule has 2 N–H and O–H groups in total. The van der Waals surface area contributed by atoms with Crippen LogP contribution in [0.25, 0.3) is 0 Å². The molecular weight excluding hydrogens is 184 g/mol. The Hall–Kier alpha value is -1.43. The van der Waals surface area contributed by atoms with Crippen LogP contribution in [-0.4, -0.2) is 32.6 Å². The van der Waals surface area contributed by atoms with Crippen molar-refractivity contribution < 1.29 is 9.90 Å². The van der Waals surface area contributed by atoms with Gasteiger partial charge in [0.25, 0.3) is 0 Å². The second-order valence-electron chi connectivity index (χ2n) is 3.07. The number of nitrogens with zero attached hydrogens (tertiary/aromatic N) is 3. The molecule has 1 amide bonds. The number of carbonyl (C=O) groups is 1. The number of aliphatic hydroxyl groups is 1. The van der Waals surface area contributed by atoms with Crippen molar-refractivity contribution in [3.05, 3.63) is 11.9 Å². The van der Waals surface area contributed by atoms with Crippen LogP contribution in [0.1, 0.15) is 25.6 Å². The highest BCUT2D eigenvalue weighted by Crippen LogP contribution is 2.05. The number of amides is 1. The minimum Gasteiger partial charge on any atom is -0.387 e. The van der Waals surface area contributed by atoms with Crippen molar-refractivity contribution in [2.75, 3.05) is 6.54 Å². The summed E-state index contributed by atoms with van der Waals surface area (Å²) in [6, 6.07) is 0. The van der Waals surface area contributed by atoms with Crippen LogP contribution in [0.2, 0.25) is 0 Å². The van der Waals surface area contributed by atoms with Gasteiger partial charge in [-0.25, -0.2) is 0 Å². The molecule has 1 atom stereocenters. The molecule has 0 saturated carbocycles. The molecule has 0 fully saturated rings. The molecule has 1 heterocycles. The van der Waals surface area contributed by atoms with Crippen LogP contribution in [0.3, 0.4) is 0 Å². The Balaban J connectivity index is 2.40. The summed E-state index contributed by atoms with van der Waals surface area (Å²) in [6.45, 7) is 4.15. The molecule has 78 valence electrons. The standard InChI is InChI=1S/C8H14N4O2/c1-6(13)8-5-12(11-10-8)4-3-9-7(2)14/h5-6,13H,3-4H2,1-2H3,(H,9,14). The predicted molar refractivity (Wildman–Crippen MR) is 49.3 cm³/mol. The van der Waals surface area contributed by atoms with Crippen LogP contribution in [0.4, 0.5) is 0 Å². The van der Waals surface area contributed by atoms with Gasteiger partial charge in [-0.15, -0.1) is 5.10 Å². The van der Waals surface area contributed by atoms with Crippen molar-refractivity contribution in [3.63, 3.8) is 0 Å². The Morgan fingerprint density at radius 2 is 2.50 bits per heavy atom. The van der Waals surface area contributed by atoms with Crippen LogP contribution in [0.15, 0.2) is 6.20 Å². The average Bonchev–Trinajstić information content (AvgIpc) is 2.52. The number of nitrogens with one attached hydrogen (secondary N) is 1. The molecule has 0 aliphatic carbocycles. The van der Waals surface area contributed by atoms with E-state index in [1.54, 1.807) is 17.8 Å². The van der Waals surface area contributed by atoms with Crippen molar-refractivity contribution in [3.8, 4) is 0 Å². The Kier molecular flexibility index (Phi) is 3.58. The molecule has 6 heteroatoms. The minimum atomic E-state index is -0.607. The summed E-state index contributed by atoms with van der Waals surface area (Å²) in [7, 11) is 0. The zero-order valence-electron chi connectivity index (χ0n) is 8.27. The number of aliphatic hydroxyl groups excluding tert-OH is 1. The zero-order valence-corrected chi connectivity index (χ0v) is 8.27. The van der Waals surface area contributed by atoms with E-state index in [1.165, 1.54) is 6.92 Å². The number of rotatable bonds is 4. The highest BCUT2D eigenvalue weighted by Gasteiger charge is 2.05. The van der Waals surface area contributed by atoms with E-state index in [0.29, 0.717) is 18.8 Å². The first-order chi connectivity index (χ1) is 6.59. The summed E-state index contributed by atoms with van der Waals surface area (Å²) < 4.78 is 1.58. The maximum Gasteiger partial charge on any atom is 0.216 e. The Labute approximate surface area is 81.9 Å². The zero-order chi connectivity index (χ0) is 10.6. The van der Waals surface area contributed by atoms with Gasteiger partial charge in [-0.2, -0.15) is 0 Å². The van der Waals surface area contributed by atoms with Gasteiger partial charge in [0, 0.05) is 13.5 Å². The van der Waals surface area contributed by atoms with Gasteiger partial charge < -0.3 is 10.4 Å². The first-order valence-corrected chi connectivity index (χ1v) is 4.42. The monoisotopic (exact) mass is 198 g/mol. The molecule has 14 heavy (non-hydrogen) atoms. The highest BCUT2D eigenvalue weighted by molar-refractivity contribution is 5.72. The molecule has 0 aliphatic rings. The molecule has 1 aromatic rings. The molecule has 1 unspecified atom stereocenters. The quantitative estimate of drug-likeness (QED) is 0.681. The van der Waals surface area contributed by atoms with Crippen molar-refractivity contribution in [1.29, 1.82) is 0 Å². The highest BCUT2D eigenvalue weighted by atomic mass is 16.3. The van der Waals surface area contributed by atoms with E-state index in [-0.39, 0.29) is 5.91 Å². The van der Waals surface area contributed by atoms with Crippen molar-refractivity contribution in [2.45, 2.75) is 26.5 Å². The minimum absolute atomic E-state index is 0.0686. The van der Waals surface area contributed by atoms with Crippen LogP contribution in [0.5, 0.6) is 0 Å². The summed E-state index contributed by atoms with van der Waals surface area (Å²) in [5.41, 5.74) is 0.535. The largest absolute Gasteiger partial charge is 0.387 e. The lowest BCUT2D eigenvalue weighted by atomic mass is 10.3. The Bertz CT molecular complexity index is 308. The maximum atomic E-state index is 10.6. The third kappa shape index (κ3) is 3.14. The average molecular weight is 198 g/mol. The van der Waals surface area contributed by atoms with Gasteiger partial charge >= 0.3 is 0 Å². The SMILES string of the molecule is CC(=O)NCCn1cc(C(C)O)nn1. The first-order valence-electron chi connectivity index (χ1n) is 4.42. The lowest BCUT2D eigenvalue weighted by molar-refractivity contribution is -0.118. The lowest BCUT2D eigenvalue weighted by Crippen LogP contribution is -2.24. The van der Waals surface area contributed by atoms with E-state index in [1.807, 2.05) is 0 Å². The third-order valence-corrected chi connectivity index (χ3v) is 1.70. The fourth-order valence-electron chi connectivity index (χ4n) is 0.961. The van der Waals surface area contributed by atoms with Crippen LogP contribution >= 0.6 is 0 Å². The van der Waals surface area contributed by atoms with Gasteiger partial charge in [-0.1, -0.05) is 5.21 Å². The van der Waals surface area contributed by atoms with Gasteiger partial charge in [0.15, 0.2) is 0 Å². The predicted octanol–water partition coefficient (Wildman–Crippen LogP) is -0.533. The van der Waals surface area contributed by atoms with E-state index < -0.39 is 6.10 Å². The van der Waals surface area contributed by atoms with Gasteiger partial charge in [0.05, 0.1) is 18.8 Å². The summed E-state index contributed by atoms with van der Waals surface area (Å²) in [6.07, 6.45) is 1.05. The maximum absolute atomic E-state index is 10.6. The van der Waals surface area contributed by atoms with Gasteiger partial charge in [0.2, 0.25) is 5.91 Å². The number of hydrogen-bond acceptors (Lipinski definition) is 4. The molecule has 0 radical (unpaired) electrons. The molecule has 0 aromatic carbocycles. The van der Waals surface area contributed by atoms with Crippen LogP contribution in [-0.2, 0) is 11.3 Å². The number of hydrogen-bond donors (Lipinski definition) is 2. The second-order valence-corrected chi connectivity index (χ2v) is 3.07. The van der Waals surface area contributed by atoms with Gasteiger partial charge in [0.1, 0.15) is 5.69 Å². The van der Waals surface area contributed by atoms with E-state index in [4.69, 9.17) is 5.11 Å². The third-order valence-electron chi connectivity index (χ3n) is 1.70. The van der Waals surface area contributed by atoms with Crippen LogP contribution in [0, 0.1) is 0 Å². The molecule has 0 saturated heterocycles. The van der Waals surface area contributed by atoms with Gasteiger partial charge in [-0.3, -0.25) is 9.48 Å². The van der Waals surface area contributed by atoms with E-state index in [9.17, 15) is 4.79 Å². The smallest absolute Gasteiger partial charge is 0.216 e. The fourth-order valence-corrected chi connectivity index (χ4v) is 0.961. The molecule has 0 spiro atoms. The van der Waals surface area contributed by atoms with Gasteiger partial charge in [-0.05, 0) is 6.92 Å². The topological polar surface area (TPSA) is 80.0 Å². The molecule has 1 rings (SSSR count). The van der Waals surface area contributed by atoms with E-state index >= 15 is 0 Å². The summed E-state index contributed by atoms with van der Waals surface area (Å²) >= 11 is 0. The Morgan fingerprint density at radius 1 is 1.79 bits per heavy atom. The molecule has 0 aliphatic heterocycles. The normalized spacial score (nSPS) is 12.5. The first kappa shape index (κ1) is 10.6. The van der Waals surface area contributed by atoms with Crippen molar-refractivity contribution in [2.24, 2.45) is 0 Å². The van der Waals surface area contributed by atoms with E-state index in [0.717, 1.165) is 0 Å². The second kappa shape index (κ2) is 4.71. The Morgan fingerprint density at radius 3 is 3.00 bits per heavy atom. The van der Waals surface area contributed by atoms with E-state index in [2.05, 4.69) is 15.6 Å². The molecular formula is C8H14N4O2. The summed E-state index contributed by atoms with van der Waals surface area (Å²) in [5, 5.41) is 19.4.